The number of anilines is 2. The van der Waals surface area contributed by atoms with Crippen LogP contribution in [0.1, 0.15) is 11.1 Å². The van der Waals surface area contributed by atoms with E-state index in [1.54, 1.807) is 0 Å². The highest BCUT2D eigenvalue weighted by Crippen LogP contribution is 2.19. The Labute approximate surface area is 162 Å². The van der Waals surface area contributed by atoms with Gasteiger partial charge in [0.25, 0.3) is 0 Å². The maximum atomic E-state index is 12.9. The largest absolute Gasteiger partial charge is 0.329 e. The van der Waals surface area contributed by atoms with Crippen LogP contribution >= 0.6 is 0 Å². The first-order valence-electron chi connectivity index (χ1n) is 8.82. The van der Waals surface area contributed by atoms with Gasteiger partial charge in [0, 0.05) is 11.4 Å². The van der Waals surface area contributed by atoms with Crippen molar-refractivity contribution in [3.8, 4) is 0 Å². The van der Waals surface area contributed by atoms with Crippen LogP contribution in [-0.4, -0.2) is 18.5 Å². The first kappa shape index (κ1) is 19.1. The molecule has 0 atom stereocenters. The number of nitrogens with one attached hydrogen (secondary N) is 3. The Morgan fingerprint density at radius 2 is 1.46 bits per heavy atom. The van der Waals surface area contributed by atoms with Crippen molar-refractivity contribution < 1.29 is 14.0 Å². The number of hydrogen-bond acceptors (Lipinski definition) is 2. The summed E-state index contributed by atoms with van der Waals surface area (Å²) in [5.74, 6) is -0.788. The fourth-order valence-corrected chi connectivity index (χ4v) is 2.68. The molecular weight excluding hydrogens is 357 g/mol. The minimum Gasteiger partial charge on any atom is -0.329 e. The van der Waals surface area contributed by atoms with Gasteiger partial charge in [0.05, 0.1) is 6.54 Å². The maximum Gasteiger partial charge on any atom is 0.319 e. The Balaban J connectivity index is 1.53. The summed E-state index contributed by atoms with van der Waals surface area (Å²) in [4.78, 5) is 24.1. The molecule has 0 saturated heterocycles. The maximum absolute atomic E-state index is 12.9. The summed E-state index contributed by atoms with van der Waals surface area (Å²) in [7, 11) is 0. The number of halogens is 1. The lowest BCUT2D eigenvalue weighted by atomic mass is 10.0. The van der Waals surface area contributed by atoms with Crippen LogP contribution in [0.3, 0.4) is 0 Å². The van der Waals surface area contributed by atoms with E-state index >= 15 is 0 Å². The molecule has 3 aromatic rings. The standard InChI is InChI=1S/C22H20FN3O2/c23-18-10-12-19(13-11-18)25-21(27)15-24-22(28)26-20-9-5-4-8-17(20)14-16-6-2-1-3-7-16/h1-13H,14-15H2,(H,25,27)(H2,24,26,28). The highest BCUT2D eigenvalue weighted by molar-refractivity contribution is 5.97. The molecule has 0 heterocycles. The molecule has 0 fully saturated rings. The predicted molar refractivity (Wildman–Crippen MR) is 108 cm³/mol. The third-order valence-corrected chi connectivity index (χ3v) is 4.04. The van der Waals surface area contributed by atoms with Crippen LogP contribution in [-0.2, 0) is 11.2 Å². The number of benzene rings is 3. The van der Waals surface area contributed by atoms with Gasteiger partial charge in [0.15, 0.2) is 0 Å². The second-order valence-electron chi connectivity index (χ2n) is 6.18. The number of rotatable bonds is 6. The molecular formula is C22H20FN3O2. The number of urea groups is 1. The quantitative estimate of drug-likeness (QED) is 0.603. The van der Waals surface area contributed by atoms with Crippen LogP contribution in [0.5, 0.6) is 0 Å². The number of hydrogen-bond donors (Lipinski definition) is 3. The highest BCUT2D eigenvalue weighted by atomic mass is 19.1. The third-order valence-electron chi connectivity index (χ3n) is 4.04. The summed E-state index contributed by atoms with van der Waals surface area (Å²) < 4.78 is 12.9. The SMILES string of the molecule is O=C(CNC(=O)Nc1ccccc1Cc1ccccc1)Nc1ccc(F)cc1. The average molecular weight is 377 g/mol. The highest BCUT2D eigenvalue weighted by Gasteiger charge is 2.09. The van der Waals surface area contributed by atoms with Gasteiger partial charge in [-0.25, -0.2) is 9.18 Å². The Hall–Kier alpha value is -3.67. The van der Waals surface area contributed by atoms with Crippen molar-refractivity contribution in [3.63, 3.8) is 0 Å². The van der Waals surface area contributed by atoms with Crippen LogP contribution in [0.2, 0.25) is 0 Å². The van der Waals surface area contributed by atoms with Crippen LogP contribution < -0.4 is 16.0 Å². The van der Waals surface area contributed by atoms with Crippen LogP contribution in [0.15, 0.2) is 78.9 Å². The summed E-state index contributed by atoms with van der Waals surface area (Å²) in [6.45, 7) is -0.204. The summed E-state index contributed by atoms with van der Waals surface area (Å²) in [6, 6.07) is 22.4. The van der Waals surface area contributed by atoms with E-state index in [1.165, 1.54) is 24.3 Å². The van der Waals surface area contributed by atoms with Crippen LogP contribution in [0.25, 0.3) is 0 Å². The van der Waals surface area contributed by atoms with Gasteiger partial charge in [-0.3, -0.25) is 4.79 Å². The van der Waals surface area contributed by atoms with E-state index < -0.39 is 11.9 Å². The zero-order chi connectivity index (χ0) is 19.8. The second kappa shape index (κ2) is 9.32. The monoisotopic (exact) mass is 377 g/mol. The average Bonchev–Trinajstić information content (AvgIpc) is 2.70. The summed E-state index contributed by atoms with van der Waals surface area (Å²) >= 11 is 0. The number of carbonyl (C=O) groups excluding carboxylic acids is 2. The first-order chi connectivity index (χ1) is 13.6. The van der Waals surface area contributed by atoms with Crippen molar-refractivity contribution in [2.45, 2.75) is 6.42 Å². The van der Waals surface area contributed by atoms with Gasteiger partial charge < -0.3 is 16.0 Å². The van der Waals surface area contributed by atoms with E-state index in [-0.39, 0.29) is 12.4 Å². The van der Waals surface area contributed by atoms with Crippen molar-refractivity contribution in [3.05, 3.63) is 95.8 Å². The summed E-state index contributed by atoms with van der Waals surface area (Å²) in [6.07, 6.45) is 0.683. The Bertz CT molecular complexity index is 944. The topological polar surface area (TPSA) is 70.2 Å². The molecule has 0 radical (unpaired) electrons. The van der Waals surface area contributed by atoms with E-state index in [4.69, 9.17) is 0 Å². The van der Waals surface area contributed by atoms with Crippen molar-refractivity contribution in [2.24, 2.45) is 0 Å². The molecule has 0 spiro atoms. The molecule has 0 bridgehead atoms. The van der Waals surface area contributed by atoms with Gasteiger partial charge in [0.2, 0.25) is 5.91 Å². The minimum absolute atomic E-state index is 0.204. The molecule has 0 aliphatic heterocycles. The molecule has 3 amide bonds. The van der Waals surface area contributed by atoms with E-state index in [1.807, 2.05) is 54.6 Å². The number of carbonyl (C=O) groups is 2. The zero-order valence-corrected chi connectivity index (χ0v) is 15.1. The van der Waals surface area contributed by atoms with E-state index in [2.05, 4.69) is 16.0 Å². The molecule has 0 aliphatic carbocycles. The van der Waals surface area contributed by atoms with Crippen molar-refractivity contribution in [1.82, 2.24) is 5.32 Å². The van der Waals surface area contributed by atoms with Gasteiger partial charge in [0.1, 0.15) is 5.82 Å². The number of para-hydroxylation sites is 1. The molecule has 3 N–H and O–H groups in total. The van der Waals surface area contributed by atoms with Gasteiger partial charge in [-0.15, -0.1) is 0 Å². The Morgan fingerprint density at radius 3 is 2.21 bits per heavy atom. The fraction of sp³-hybridized carbons (Fsp3) is 0.0909. The number of amides is 3. The zero-order valence-electron chi connectivity index (χ0n) is 15.1. The molecule has 0 saturated carbocycles. The predicted octanol–water partition coefficient (Wildman–Crippen LogP) is 4.18. The summed E-state index contributed by atoms with van der Waals surface area (Å²) in [5, 5.41) is 7.88. The lowest BCUT2D eigenvalue weighted by Gasteiger charge is -2.12. The molecule has 5 nitrogen and oxygen atoms in total. The molecule has 6 heteroatoms. The van der Waals surface area contributed by atoms with Gasteiger partial charge in [-0.05, 0) is 47.9 Å². The minimum atomic E-state index is -0.477. The van der Waals surface area contributed by atoms with Crippen molar-refractivity contribution >= 4 is 23.3 Å². The molecule has 0 unspecified atom stereocenters. The van der Waals surface area contributed by atoms with E-state index in [0.717, 1.165) is 11.1 Å². The second-order valence-corrected chi connectivity index (χ2v) is 6.18. The molecule has 3 rings (SSSR count). The molecule has 28 heavy (non-hydrogen) atoms. The third kappa shape index (κ3) is 5.67. The summed E-state index contributed by atoms with van der Waals surface area (Å²) in [5.41, 5.74) is 3.25. The molecule has 0 aromatic heterocycles. The Kier molecular flexibility index (Phi) is 6.36. The van der Waals surface area contributed by atoms with E-state index in [9.17, 15) is 14.0 Å². The van der Waals surface area contributed by atoms with Crippen molar-refractivity contribution in [2.75, 3.05) is 17.2 Å². The van der Waals surface area contributed by atoms with Gasteiger partial charge in [-0.1, -0.05) is 48.5 Å². The molecule has 0 aliphatic rings. The fourth-order valence-electron chi connectivity index (χ4n) is 2.68. The first-order valence-corrected chi connectivity index (χ1v) is 8.82. The van der Waals surface area contributed by atoms with Crippen molar-refractivity contribution in [1.29, 1.82) is 0 Å². The Morgan fingerprint density at radius 1 is 0.786 bits per heavy atom. The van der Waals surface area contributed by atoms with Crippen LogP contribution in [0, 0.1) is 5.82 Å². The lowest BCUT2D eigenvalue weighted by molar-refractivity contribution is -0.115. The van der Waals surface area contributed by atoms with Gasteiger partial charge >= 0.3 is 6.03 Å². The van der Waals surface area contributed by atoms with Crippen LogP contribution in [0.4, 0.5) is 20.6 Å². The molecule has 142 valence electrons. The lowest BCUT2D eigenvalue weighted by Crippen LogP contribution is -2.36. The van der Waals surface area contributed by atoms with E-state index in [0.29, 0.717) is 17.8 Å². The normalized spacial score (nSPS) is 10.2. The smallest absolute Gasteiger partial charge is 0.319 e. The molecule has 3 aromatic carbocycles. The van der Waals surface area contributed by atoms with Gasteiger partial charge in [-0.2, -0.15) is 0 Å².